The molecule has 0 spiro atoms. The number of imidazole rings is 2. The number of nitrogens with zero attached hydrogens (tertiary/aromatic N) is 14. The number of hydrogen-bond donors (Lipinski definition) is 3. The van der Waals surface area contributed by atoms with Gasteiger partial charge in [-0.2, -0.15) is 10.2 Å². The summed E-state index contributed by atoms with van der Waals surface area (Å²) in [5.74, 6) is 1.99. The van der Waals surface area contributed by atoms with E-state index in [2.05, 4.69) is 109 Å². The molecule has 81 heavy (non-hydrogen) atoms. The minimum absolute atomic E-state index is 0. The Balaban J connectivity index is 0.000000174. The number of ether oxygens (including phenoxy) is 1. The SMILES string of the molecule is CC(C)(C)[O-].Cn1cc(-c2ccc(CNc3cc(-c4cnc5cc(F)ccn45)ncn3)cc2)cn1.Cn1cc(-c2ccc(CNc3cc(-c4cnc5cc(OCCCN6CCC6)ccn45)ncn3)cc2)cn1.OCCCN1CCC1.[K+]. The summed E-state index contributed by atoms with van der Waals surface area (Å²) in [7, 11) is 3.83. The van der Waals surface area contributed by atoms with Crippen molar-refractivity contribution in [2.75, 3.05) is 63.1 Å². The van der Waals surface area contributed by atoms with Crippen LogP contribution in [-0.2, 0) is 27.2 Å². The van der Waals surface area contributed by atoms with Crippen LogP contribution in [0.3, 0.4) is 0 Å². The third kappa shape index (κ3) is 17.8. The van der Waals surface area contributed by atoms with E-state index in [1.165, 1.54) is 63.0 Å². The van der Waals surface area contributed by atoms with Gasteiger partial charge in [0.25, 0.3) is 0 Å². The van der Waals surface area contributed by atoms with Crippen molar-refractivity contribution in [1.29, 1.82) is 0 Å². The van der Waals surface area contributed by atoms with Crippen molar-refractivity contribution in [3.05, 3.63) is 164 Å². The second-order valence-corrected chi connectivity index (χ2v) is 20.7. The number of likely N-dealkylation sites (tertiary alicyclic amines) is 2. The van der Waals surface area contributed by atoms with Crippen LogP contribution in [-0.4, -0.2) is 131 Å². The van der Waals surface area contributed by atoms with Crippen molar-refractivity contribution >= 4 is 22.9 Å². The van der Waals surface area contributed by atoms with E-state index in [0.717, 1.165) is 88.0 Å². The molecule has 3 N–H and O–H groups in total. The first-order valence-electron chi connectivity index (χ1n) is 27.1. The summed E-state index contributed by atoms with van der Waals surface area (Å²) in [5.41, 5.74) is 10.6. The summed E-state index contributed by atoms with van der Waals surface area (Å²) in [5, 5.41) is 33.7. The standard InChI is InChI=1S/C28H30N8O.C22H18FN7.C6H13NO.C4H9O.K/c1-34-19-23(17-33-34)22-6-4-21(5-7-22)16-29-27-15-25(31-20-32-27)26-18-30-28-14-24(8-12-36(26)28)37-13-3-11-35-9-2-10-35;1-29-13-17(11-28-29)16-4-2-15(3-5-16)10-24-21-9-19(26-14-27-21)20-12-25-22-8-18(23)6-7-30(20)22;8-6-2-5-7-3-1-4-7;1-4(2,3)5;/h4-8,12,14-15,17-20H,2-3,9-11,13,16H2,1H3,(H,29,31,32);2-9,11-14H,10H2,1H3,(H,24,26,27);8H,1-6H2;1-3H3;/q;;;-1;+1. The Labute approximate surface area is 514 Å². The minimum atomic E-state index is -0.750. The molecule has 0 amide bonds. The number of anilines is 2. The van der Waals surface area contributed by atoms with E-state index in [-0.39, 0.29) is 57.2 Å². The van der Waals surface area contributed by atoms with Gasteiger partial charge in [0.2, 0.25) is 0 Å². The van der Waals surface area contributed by atoms with Crippen LogP contribution < -0.4 is 71.9 Å². The van der Waals surface area contributed by atoms with Crippen LogP contribution in [0.25, 0.3) is 56.3 Å². The molecule has 21 heteroatoms. The van der Waals surface area contributed by atoms with Gasteiger partial charge in [-0.15, -0.1) is 5.60 Å². The second kappa shape index (κ2) is 29.3. The largest absolute Gasteiger partial charge is 1.00 e. The molecule has 0 aliphatic carbocycles. The van der Waals surface area contributed by atoms with Crippen LogP contribution in [0.15, 0.2) is 147 Å². The van der Waals surface area contributed by atoms with Gasteiger partial charge in [0, 0.05) is 107 Å². The van der Waals surface area contributed by atoms with Gasteiger partial charge in [-0.1, -0.05) is 69.3 Å². The number of aryl methyl sites for hydroxylation is 2. The number of aliphatic hydroxyl groups excluding tert-OH is 1. The average Bonchev–Trinajstić information content (AvgIpc) is 4.27. The van der Waals surface area contributed by atoms with Gasteiger partial charge >= 0.3 is 51.4 Å². The van der Waals surface area contributed by atoms with Crippen LogP contribution in [0.1, 0.15) is 57.6 Å². The molecule has 0 radical (unpaired) electrons. The van der Waals surface area contributed by atoms with Crippen LogP contribution in [0.5, 0.6) is 5.75 Å². The number of aromatic nitrogens is 12. The fraction of sp³-hybridized carbons (Fsp3) is 0.333. The number of benzene rings is 2. The van der Waals surface area contributed by atoms with Gasteiger partial charge in [-0.3, -0.25) is 18.2 Å². The zero-order valence-electron chi connectivity index (χ0n) is 47.2. The summed E-state index contributed by atoms with van der Waals surface area (Å²) < 4.78 is 26.8. The molecule has 0 saturated carbocycles. The molecule has 19 nitrogen and oxygen atoms in total. The van der Waals surface area contributed by atoms with E-state index in [1.54, 1.807) is 48.6 Å². The molecule has 0 unspecified atom stereocenters. The first kappa shape index (κ1) is 60.3. The molecule has 8 aromatic heterocycles. The molecular weight excluding hydrogens is 1050 g/mol. The maximum atomic E-state index is 13.4. The molecule has 0 bridgehead atoms. The molecule has 0 atom stereocenters. The van der Waals surface area contributed by atoms with Crippen molar-refractivity contribution in [2.45, 2.75) is 65.1 Å². The van der Waals surface area contributed by atoms with E-state index in [9.17, 15) is 9.50 Å². The molecule has 10 aromatic rings. The van der Waals surface area contributed by atoms with Gasteiger partial charge < -0.3 is 35.4 Å². The van der Waals surface area contributed by atoms with E-state index in [0.29, 0.717) is 43.5 Å². The van der Waals surface area contributed by atoms with E-state index < -0.39 is 5.60 Å². The van der Waals surface area contributed by atoms with Crippen molar-refractivity contribution < 1.29 is 70.7 Å². The smallest absolute Gasteiger partial charge is 0.850 e. The third-order valence-corrected chi connectivity index (χ3v) is 13.2. The Morgan fingerprint density at radius 3 is 1.51 bits per heavy atom. The predicted octanol–water partition coefficient (Wildman–Crippen LogP) is 5.45. The zero-order chi connectivity index (χ0) is 55.8. The molecule has 2 aromatic carbocycles. The maximum absolute atomic E-state index is 13.4. The molecule has 2 aliphatic heterocycles. The molecule has 2 fully saturated rings. The van der Waals surface area contributed by atoms with Gasteiger partial charge in [0.15, 0.2) is 0 Å². The molecule has 12 rings (SSSR count). The van der Waals surface area contributed by atoms with E-state index in [4.69, 9.17) is 9.84 Å². The number of pyridine rings is 2. The molecule has 10 heterocycles. The summed E-state index contributed by atoms with van der Waals surface area (Å²) in [6.07, 6.45) is 22.6. The summed E-state index contributed by atoms with van der Waals surface area (Å²) in [4.78, 5) is 31.2. The minimum Gasteiger partial charge on any atom is -0.850 e. The van der Waals surface area contributed by atoms with Crippen LogP contribution in [0.2, 0.25) is 0 Å². The molecular formula is C60H70FKN16O3. The Bertz CT molecular complexity index is 3530. The van der Waals surface area contributed by atoms with Crippen molar-refractivity contribution in [2.24, 2.45) is 14.1 Å². The number of rotatable bonds is 18. The average molecular weight is 1120 g/mol. The van der Waals surface area contributed by atoms with Crippen LogP contribution >= 0.6 is 0 Å². The van der Waals surface area contributed by atoms with Crippen LogP contribution in [0.4, 0.5) is 16.0 Å². The van der Waals surface area contributed by atoms with Gasteiger partial charge in [-0.25, -0.2) is 34.3 Å². The summed E-state index contributed by atoms with van der Waals surface area (Å²) >= 11 is 0. The number of halogens is 1. The molecule has 2 aliphatic rings. The summed E-state index contributed by atoms with van der Waals surface area (Å²) in [6, 6.07) is 27.3. The number of hydrogen-bond acceptors (Lipinski definition) is 15. The van der Waals surface area contributed by atoms with Crippen LogP contribution in [0, 0.1) is 5.82 Å². The molecule has 416 valence electrons. The van der Waals surface area contributed by atoms with Crippen molar-refractivity contribution in [3.63, 3.8) is 0 Å². The Morgan fingerprint density at radius 1 is 0.593 bits per heavy atom. The van der Waals surface area contributed by atoms with Gasteiger partial charge in [0.1, 0.15) is 47.2 Å². The number of nitrogens with one attached hydrogen (secondary N) is 2. The van der Waals surface area contributed by atoms with E-state index in [1.807, 2.05) is 84.6 Å². The molecule has 2 saturated heterocycles. The van der Waals surface area contributed by atoms with Crippen molar-refractivity contribution in [1.82, 2.24) is 68.1 Å². The first-order valence-corrected chi connectivity index (χ1v) is 27.1. The Kier molecular flexibility index (Phi) is 21.8. The Morgan fingerprint density at radius 2 is 1.06 bits per heavy atom. The van der Waals surface area contributed by atoms with Crippen molar-refractivity contribution in [3.8, 4) is 50.8 Å². The quantitative estimate of drug-likeness (QED) is 0.0723. The normalized spacial score (nSPS) is 13.1. The number of fused-ring (bicyclic) bond motifs is 2. The third-order valence-electron chi connectivity index (χ3n) is 13.2. The second-order valence-electron chi connectivity index (χ2n) is 20.7. The topological polar surface area (TPSA) is 205 Å². The van der Waals surface area contributed by atoms with Gasteiger partial charge in [-0.05, 0) is 86.2 Å². The fourth-order valence-electron chi connectivity index (χ4n) is 8.71. The van der Waals surface area contributed by atoms with E-state index >= 15 is 0 Å². The fourth-order valence-corrected chi connectivity index (χ4v) is 8.71. The zero-order valence-corrected chi connectivity index (χ0v) is 50.3. The summed E-state index contributed by atoms with van der Waals surface area (Å²) in [6.45, 7) is 14.4. The maximum Gasteiger partial charge on any atom is 1.00 e. The van der Waals surface area contributed by atoms with Gasteiger partial charge in [0.05, 0.1) is 54.2 Å². The first-order chi connectivity index (χ1) is 38.8. The predicted molar refractivity (Wildman–Crippen MR) is 308 cm³/mol. The monoisotopic (exact) mass is 1120 g/mol. The number of aliphatic hydroxyl groups is 1. The Hall–Kier alpha value is -6.79.